The molecule has 4 heteroatoms. The van der Waals surface area contributed by atoms with E-state index in [-0.39, 0.29) is 11.9 Å². The molecule has 2 aromatic rings. The summed E-state index contributed by atoms with van der Waals surface area (Å²) in [5.74, 6) is -0.204. The molecule has 1 aromatic carbocycles. The summed E-state index contributed by atoms with van der Waals surface area (Å²) in [6.45, 7) is 2.09. The van der Waals surface area contributed by atoms with Crippen molar-refractivity contribution in [3.63, 3.8) is 0 Å². The number of hydrogen-bond donors (Lipinski definition) is 2. The molecule has 0 saturated heterocycles. The van der Waals surface area contributed by atoms with Crippen LogP contribution in [0.4, 0.5) is 4.39 Å². The Kier molecular flexibility index (Phi) is 2.89. The van der Waals surface area contributed by atoms with E-state index in [9.17, 15) is 4.39 Å². The van der Waals surface area contributed by atoms with Gasteiger partial charge in [-0.2, -0.15) is 0 Å². The van der Waals surface area contributed by atoms with Crippen molar-refractivity contribution in [3.05, 3.63) is 63.6 Å². The Bertz CT molecular complexity index is 572. The summed E-state index contributed by atoms with van der Waals surface area (Å²) in [6.07, 6.45) is 0. The van der Waals surface area contributed by atoms with Gasteiger partial charge in [-0.05, 0) is 41.6 Å². The molecule has 1 aliphatic heterocycles. The SMILES string of the molecule is CC1=C(c2cccs2)NNC1c1ccc(F)cc1. The lowest BCUT2D eigenvalue weighted by atomic mass is 10.00. The fraction of sp³-hybridized carbons (Fsp3) is 0.143. The molecule has 0 amide bonds. The molecule has 0 spiro atoms. The summed E-state index contributed by atoms with van der Waals surface area (Å²) in [7, 11) is 0. The van der Waals surface area contributed by atoms with Crippen molar-refractivity contribution in [1.29, 1.82) is 0 Å². The first-order valence-corrected chi connectivity index (χ1v) is 6.65. The third-order valence-electron chi connectivity index (χ3n) is 3.14. The van der Waals surface area contributed by atoms with Gasteiger partial charge >= 0.3 is 0 Å². The molecule has 3 rings (SSSR count). The van der Waals surface area contributed by atoms with Crippen molar-refractivity contribution in [3.8, 4) is 0 Å². The van der Waals surface area contributed by atoms with Crippen LogP contribution in [0.25, 0.3) is 5.70 Å². The Morgan fingerprint density at radius 3 is 2.61 bits per heavy atom. The summed E-state index contributed by atoms with van der Waals surface area (Å²) >= 11 is 1.70. The van der Waals surface area contributed by atoms with Crippen LogP contribution in [0.15, 0.2) is 47.4 Å². The molecule has 2 N–H and O–H groups in total. The van der Waals surface area contributed by atoms with E-state index in [2.05, 4.69) is 29.2 Å². The van der Waals surface area contributed by atoms with Gasteiger partial charge in [0.25, 0.3) is 0 Å². The summed E-state index contributed by atoms with van der Waals surface area (Å²) in [6, 6.07) is 10.8. The van der Waals surface area contributed by atoms with E-state index >= 15 is 0 Å². The quantitative estimate of drug-likeness (QED) is 0.864. The molecule has 1 aromatic heterocycles. The van der Waals surface area contributed by atoms with Crippen LogP contribution >= 0.6 is 11.3 Å². The highest BCUT2D eigenvalue weighted by molar-refractivity contribution is 7.11. The number of thiophene rings is 1. The maximum absolute atomic E-state index is 12.9. The van der Waals surface area contributed by atoms with E-state index < -0.39 is 0 Å². The lowest BCUT2D eigenvalue weighted by Gasteiger charge is -2.11. The minimum absolute atomic E-state index is 0.0997. The monoisotopic (exact) mass is 260 g/mol. The summed E-state index contributed by atoms with van der Waals surface area (Å²) < 4.78 is 12.9. The minimum Gasteiger partial charge on any atom is -0.319 e. The molecule has 0 bridgehead atoms. The molecule has 1 atom stereocenters. The van der Waals surface area contributed by atoms with Crippen molar-refractivity contribution in [2.75, 3.05) is 0 Å². The lowest BCUT2D eigenvalue weighted by molar-refractivity contribution is 0.595. The van der Waals surface area contributed by atoms with Crippen LogP contribution in [0, 0.1) is 5.82 Å². The standard InChI is InChI=1S/C14H13FN2S/c1-9-13(10-4-6-11(15)7-5-10)16-17-14(9)12-3-2-8-18-12/h2-8,13,16-17H,1H3. The van der Waals surface area contributed by atoms with E-state index in [1.54, 1.807) is 11.3 Å². The normalized spacial score (nSPS) is 19.1. The fourth-order valence-corrected chi connectivity index (χ4v) is 2.95. The van der Waals surface area contributed by atoms with Gasteiger partial charge in [0.15, 0.2) is 0 Å². The molecule has 0 saturated carbocycles. The highest BCUT2D eigenvalue weighted by atomic mass is 32.1. The molecule has 1 unspecified atom stereocenters. The third kappa shape index (κ3) is 1.94. The maximum atomic E-state index is 12.9. The van der Waals surface area contributed by atoms with E-state index in [0.717, 1.165) is 11.3 Å². The zero-order valence-corrected chi connectivity index (χ0v) is 10.7. The first-order chi connectivity index (χ1) is 8.75. The molecular formula is C14H13FN2S. The Morgan fingerprint density at radius 2 is 1.94 bits per heavy atom. The number of nitrogens with one attached hydrogen (secondary N) is 2. The van der Waals surface area contributed by atoms with Crippen molar-refractivity contribution < 1.29 is 4.39 Å². The molecule has 2 nitrogen and oxygen atoms in total. The van der Waals surface area contributed by atoms with Gasteiger partial charge < -0.3 is 5.43 Å². The molecule has 92 valence electrons. The van der Waals surface area contributed by atoms with Crippen molar-refractivity contribution in [2.45, 2.75) is 13.0 Å². The highest BCUT2D eigenvalue weighted by Gasteiger charge is 2.24. The predicted molar refractivity (Wildman–Crippen MR) is 72.3 cm³/mol. The topological polar surface area (TPSA) is 24.1 Å². The third-order valence-corrected chi connectivity index (χ3v) is 4.03. The highest BCUT2D eigenvalue weighted by Crippen LogP contribution is 2.32. The fourth-order valence-electron chi connectivity index (χ4n) is 2.16. The first-order valence-electron chi connectivity index (χ1n) is 5.77. The average Bonchev–Trinajstić information content (AvgIpc) is 2.99. The number of rotatable bonds is 2. The maximum Gasteiger partial charge on any atom is 0.123 e. The molecule has 0 radical (unpaired) electrons. The number of halogens is 1. The Labute approximate surface area is 109 Å². The Morgan fingerprint density at radius 1 is 1.17 bits per heavy atom. The zero-order chi connectivity index (χ0) is 12.5. The first kappa shape index (κ1) is 11.4. The van der Waals surface area contributed by atoms with Gasteiger partial charge in [0.1, 0.15) is 5.82 Å². The van der Waals surface area contributed by atoms with Gasteiger partial charge in [-0.15, -0.1) is 11.3 Å². The van der Waals surface area contributed by atoms with E-state index in [1.807, 2.05) is 18.2 Å². The Hall–Kier alpha value is -1.65. The molecule has 0 aliphatic carbocycles. The van der Waals surface area contributed by atoms with Crippen LogP contribution in [0.2, 0.25) is 0 Å². The van der Waals surface area contributed by atoms with Crippen molar-refractivity contribution >= 4 is 17.0 Å². The van der Waals surface area contributed by atoms with Crippen LogP contribution in [0.1, 0.15) is 23.4 Å². The van der Waals surface area contributed by atoms with E-state index in [4.69, 9.17) is 0 Å². The number of benzene rings is 1. The van der Waals surface area contributed by atoms with Gasteiger partial charge in [-0.1, -0.05) is 18.2 Å². The van der Waals surface area contributed by atoms with E-state index in [0.29, 0.717) is 0 Å². The molecule has 1 aliphatic rings. The van der Waals surface area contributed by atoms with Crippen LogP contribution in [0.3, 0.4) is 0 Å². The largest absolute Gasteiger partial charge is 0.319 e. The van der Waals surface area contributed by atoms with Gasteiger partial charge in [0.05, 0.1) is 16.6 Å². The number of hydrazine groups is 1. The second kappa shape index (κ2) is 4.55. The predicted octanol–water partition coefficient (Wildman–Crippen LogP) is 3.47. The summed E-state index contributed by atoms with van der Waals surface area (Å²) in [4.78, 5) is 1.21. The Balaban J connectivity index is 1.94. The molecular weight excluding hydrogens is 247 g/mol. The smallest absolute Gasteiger partial charge is 0.123 e. The molecule has 0 fully saturated rings. The lowest BCUT2D eigenvalue weighted by Crippen LogP contribution is -2.26. The van der Waals surface area contributed by atoms with Crippen LogP contribution in [-0.4, -0.2) is 0 Å². The second-order valence-corrected chi connectivity index (χ2v) is 5.24. The van der Waals surface area contributed by atoms with Crippen LogP contribution < -0.4 is 10.9 Å². The van der Waals surface area contributed by atoms with Gasteiger partial charge in [-0.25, -0.2) is 9.82 Å². The number of hydrogen-bond acceptors (Lipinski definition) is 3. The minimum atomic E-state index is -0.204. The summed E-state index contributed by atoms with van der Waals surface area (Å²) in [5, 5.41) is 2.06. The van der Waals surface area contributed by atoms with Crippen LogP contribution in [-0.2, 0) is 0 Å². The van der Waals surface area contributed by atoms with Crippen molar-refractivity contribution in [2.24, 2.45) is 0 Å². The van der Waals surface area contributed by atoms with E-state index in [1.165, 1.54) is 22.6 Å². The van der Waals surface area contributed by atoms with Gasteiger partial charge in [0, 0.05) is 0 Å². The van der Waals surface area contributed by atoms with Crippen molar-refractivity contribution in [1.82, 2.24) is 10.9 Å². The molecule has 18 heavy (non-hydrogen) atoms. The van der Waals surface area contributed by atoms with Gasteiger partial charge in [0.2, 0.25) is 0 Å². The zero-order valence-electron chi connectivity index (χ0n) is 9.91. The average molecular weight is 260 g/mol. The van der Waals surface area contributed by atoms with Gasteiger partial charge in [-0.3, -0.25) is 0 Å². The summed E-state index contributed by atoms with van der Waals surface area (Å²) in [5.41, 5.74) is 9.87. The molecule has 2 heterocycles. The van der Waals surface area contributed by atoms with Crippen LogP contribution in [0.5, 0.6) is 0 Å². The second-order valence-electron chi connectivity index (χ2n) is 4.29.